The minimum Gasteiger partial charge on any atom is -0.371 e. The van der Waals surface area contributed by atoms with E-state index in [1.807, 2.05) is 0 Å². The van der Waals surface area contributed by atoms with Crippen molar-refractivity contribution in [1.29, 1.82) is 0 Å². The van der Waals surface area contributed by atoms with E-state index in [0.717, 1.165) is 25.9 Å². The molecule has 4 heteroatoms. The van der Waals surface area contributed by atoms with Gasteiger partial charge >= 0.3 is 0 Å². The summed E-state index contributed by atoms with van der Waals surface area (Å²) in [6, 6.07) is 6.37. The maximum Gasteiger partial charge on any atom is 0.220 e. The average Bonchev–Trinajstić information content (AvgIpc) is 2.38. The number of nitrogens with zero attached hydrogens (tertiary/aromatic N) is 1. The molecule has 1 aromatic rings. The molecule has 18 heavy (non-hydrogen) atoms. The summed E-state index contributed by atoms with van der Waals surface area (Å²) < 4.78 is 0. The van der Waals surface area contributed by atoms with Gasteiger partial charge in [0.2, 0.25) is 5.91 Å². The lowest BCUT2D eigenvalue weighted by molar-refractivity contribution is -0.122. The van der Waals surface area contributed by atoms with Crippen LogP contribution >= 0.6 is 0 Å². The molecule has 2 rings (SSSR count). The van der Waals surface area contributed by atoms with Gasteiger partial charge in [-0.3, -0.25) is 4.79 Å². The number of hydrogen-bond donors (Lipinski definition) is 2. The second-order valence-corrected chi connectivity index (χ2v) is 5.00. The first-order chi connectivity index (χ1) is 8.61. The van der Waals surface area contributed by atoms with Gasteiger partial charge in [0.25, 0.3) is 0 Å². The number of hydrogen-bond acceptors (Lipinski definition) is 3. The number of benzene rings is 1. The molecule has 98 valence electrons. The predicted molar refractivity (Wildman–Crippen MR) is 73.2 cm³/mol. The van der Waals surface area contributed by atoms with Crippen LogP contribution in [-0.2, 0) is 11.3 Å². The smallest absolute Gasteiger partial charge is 0.220 e. The van der Waals surface area contributed by atoms with Gasteiger partial charge in [0.1, 0.15) is 0 Å². The Kier molecular flexibility index (Phi) is 3.87. The summed E-state index contributed by atoms with van der Waals surface area (Å²) in [5.41, 5.74) is 14.8. The van der Waals surface area contributed by atoms with E-state index in [-0.39, 0.29) is 11.8 Å². The van der Waals surface area contributed by atoms with Crippen LogP contribution in [0.2, 0.25) is 0 Å². The van der Waals surface area contributed by atoms with Gasteiger partial charge in [-0.05, 0) is 31.4 Å². The Morgan fingerprint density at radius 2 is 2.06 bits per heavy atom. The van der Waals surface area contributed by atoms with Crippen molar-refractivity contribution < 1.29 is 4.79 Å². The Morgan fingerprint density at radius 1 is 1.39 bits per heavy atom. The molecule has 4 N–H and O–H groups in total. The zero-order chi connectivity index (χ0) is 13.1. The van der Waals surface area contributed by atoms with Crippen LogP contribution in [0.5, 0.6) is 0 Å². The monoisotopic (exact) mass is 247 g/mol. The van der Waals surface area contributed by atoms with Crippen LogP contribution < -0.4 is 16.4 Å². The van der Waals surface area contributed by atoms with E-state index >= 15 is 0 Å². The van der Waals surface area contributed by atoms with Gasteiger partial charge in [-0.2, -0.15) is 0 Å². The molecule has 1 aliphatic heterocycles. The van der Waals surface area contributed by atoms with Crippen LogP contribution in [0.25, 0.3) is 0 Å². The standard InChI is InChI=1S/C14H21N3O/c1-10-2-3-13(12(8-10)9-15)17-6-4-11(5-7-17)14(16)18/h2-3,8,11H,4-7,9,15H2,1H3,(H2,16,18). The van der Waals surface area contributed by atoms with Gasteiger partial charge in [-0.15, -0.1) is 0 Å². The van der Waals surface area contributed by atoms with Crippen molar-refractivity contribution in [2.75, 3.05) is 18.0 Å². The minimum atomic E-state index is -0.169. The maximum atomic E-state index is 11.1. The van der Waals surface area contributed by atoms with Crippen molar-refractivity contribution in [2.24, 2.45) is 17.4 Å². The Balaban J connectivity index is 2.12. The Morgan fingerprint density at radius 3 is 2.61 bits per heavy atom. The van der Waals surface area contributed by atoms with E-state index in [1.165, 1.54) is 16.8 Å². The Bertz CT molecular complexity index is 437. The molecule has 0 aromatic heterocycles. The number of rotatable bonds is 3. The number of carbonyl (C=O) groups excluding carboxylic acids is 1. The first-order valence-electron chi connectivity index (χ1n) is 6.45. The lowest BCUT2D eigenvalue weighted by atomic mass is 9.95. The summed E-state index contributed by atoms with van der Waals surface area (Å²) in [6.07, 6.45) is 1.68. The van der Waals surface area contributed by atoms with Crippen molar-refractivity contribution in [3.8, 4) is 0 Å². The predicted octanol–water partition coefficient (Wildman–Crippen LogP) is 1.16. The van der Waals surface area contributed by atoms with Crippen molar-refractivity contribution in [3.63, 3.8) is 0 Å². The quantitative estimate of drug-likeness (QED) is 0.841. The molecular formula is C14H21N3O. The average molecular weight is 247 g/mol. The molecule has 1 fully saturated rings. The first-order valence-corrected chi connectivity index (χ1v) is 6.45. The summed E-state index contributed by atoms with van der Waals surface area (Å²) in [4.78, 5) is 13.5. The van der Waals surface area contributed by atoms with E-state index in [2.05, 4.69) is 30.0 Å². The van der Waals surface area contributed by atoms with E-state index in [4.69, 9.17) is 11.5 Å². The minimum absolute atomic E-state index is 0.0352. The normalized spacial score (nSPS) is 16.9. The highest BCUT2D eigenvalue weighted by Crippen LogP contribution is 2.26. The van der Waals surface area contributed by atoms with Crippen molar-refractivity contribution in [2.45, 2.75) is 26.3 Å². The maximum absolute atomic E-state index is 11.1. The number of piperidine rings is 1. The third-order valence-corrected chi connectivity index (χ3v) is 3.69. The molecule has 1 aromatic carbocycles. The van der Waals surface area contributed by atoms with Crippen LogP contribution in [0.4, 0.5) is 5.69 Å². The molecule has 1 amide bonds. The fourth-order valence-electron chi connectivity index (χ4n) is 2.59. The summed E-state index contributed by atoms with van der Waals surface area (Å²) in [5, 5.41) is 0. The highest BCUT2D eigenvalue weighted by atomic mass is 16.1. The second kappa shape index (κ2) is 5.40. The van der Waals surface area contributed by atoms with Crippen LogP contribution in [0, 0.1) is 12.8 Å². The van der Waals surface area contributed by atoms with E-state index in [1.54, 1.807) is 0 Å². The van der Waals surface area contributed by atoms with Gasteiger partial charge in [-0.25, -0.2) is 0 Å². The SMILES string of the molecule is Cc1ccc(N2CCC(C(N)=O)CC2)c(CN)c1. The summed E-state index contributed by atoms with van der Waals surface area (Å²) in [6.45, 7) is 4.38. The van der Waals surface area contributed by atoms with Gasteiger partial charge < -0.3 is 16.4 Å². The zero-order valence-corrected chi connectivity index (χ0v) is 10.9. The molecule has 4 nitrogen and oxygen atoms in total. The van der Waals surface area contributed by atoms with Gasteiger partial charge in [0, 0.05) is 31.2 Å². The topological polar surface area (TPSA) is 72.3 Å². The Hall–Kier alpha value is -1.55. The lowest BCUT2D eigenvalue weighted by Crippen LogP contribution is -2.39. The fraction of sp³-hybridized carbons (Fsp3) is 0.500. The van der Waals surface area contributed by atoms with Crippen LogP contribution in [0.15, 0.2) is 18.2 Å². The number of primary amides is 1. The molecule has 1 aliphatic rings. The van der Waals surface area contributed by atoms with Gasteiger partial charge in [0.15, 0.2) is 0 Å². The van der Waals surface area contributed by atoms with E-state index in [9.17, 15) is 4.79 Å². The van der Waals surface area contributed by atoms with Crippen molar-refractivity contribution >= 4 is 11.6 Å². The zero-order valence-electron chi connectivity index (χ0n) is 10.9. The summed E-state index contributed by atoms with van der Waals surface area (Å²) >= 11 is 0. The molecule has 0 unspecified atom stereocenters. The highest BCUT2D eigenvalue weighted by molar-refractivity contribution is 5.77. The highest BCUT2D eigenvalue weighted by Gasteiger charge is 2.24. The largest absolute Gasteiger partial charge is 0.371 e. The fourth-order valence-corrected chi connectivity index (χ4v) is 2.59. The number of anilines is 1. The molecule has 0 saturated carbocycles. The molecule has 0 bridgehead atoms. The van der Waals surface area contributed by atoms with Crippen LogP contribution in [0.3, 0.4) is 0 Å². The van der Waals surface area contributed by atoms with E-state index < -0.39 is 0 Å². The van der Waals surface area contributed by atoms with E-state index in [0.29, 0.717) is 6.54 Å². The lowest BCUT2D eigenvalue weighted by Gasteiger charge is -2.33. The summed E-state index contributed by atoms with van der Waals surface area (Å²) in [5.74, 6) is -0.134. The number of carbonyl (C=O) groups is 1. The summed E-state index contributed by atoms with van der Waals surface area (Å²) in [7, 11) is 0. The molecule has 1 saturated heterocycles. The van der Waals surface area contributed by atoms with Crippen LogP contribution in [-0.4, -0.2) is 19.0 Å². The van der Waals surface area contributed by atoms with Gasteiger partial charge in [0.05, 0.1) is 0 Å². The Labute approximate surface area is 108 Å². The molecule has 0 radical (unpaired) electrons. The molecular weight excluding hydrogens is 226 g/mol. The molecule has 0 aliphatic carbocycles. The number of aryl methyl sites for hydroxylation is 1. The first kappa shape index (κ1) is 12.9. The van der Waals surface area contributed by atoms with Crippen molar-refractivity contribution in [3.05, 3.63) is 29.3 Å². The van der Waals surface area contributed by atoms with Crippen LogP contribution in [0.1, 0.15) is 24.0 Å². The molecule has 0 spiro atoms. The third kappa shape index (κ3) is 2.64. The van der Waals surface area contributed by atoms with Crippen molar-refractivity contribution in [1.82, 2.24) is 0 Å². The molecule has 0 atom stereocenters. The third-order valence-electron chi connectivity index (χ3n) is 3.69. The number of nitrogens with two attached hydrogens (primary N) is 2. The van der Waals surface area contributed by atoms with Gasteiger partial charge in [-0.1, -0.05) is 17.7 Å². The number of amides is 1. The molecule has 1 heterocycles. The second-order valence-electron chi connectivity index (χ2n) is 5.00.